The summed E-state index contributed by atoms with van der Waals surface area (Å²) < 4.78 is 0. The summed E-state index contributed by atoms with van der Waals surface area (Å²) in [6.07, 6.45) is 2.07. The molecule has 1 amide bonds. The van der Waals surface area contributed by atoms with Gasteiger partial charge in [-0.3, -0.25) is 9.79 Å². The topological polar surface area (TPSA) is 78.4 Å². The number of benzene rings is 1. The zero-order chi connectivity index (χ0) is 19.6. The maximum atomic E-state index is 12.0. The zero-order valence-electron chi connectivity index (χ0n) is 16.6. The molecule has 0 spiro atoms. The van der Waals surface area contributed by atoms with E-state index < -0.39 is 0 Å². The minimum Gasteiger partial charge on any atom is -0.352 e. The van der Waals surface area contributed by atoms with Gasteiger partial charge in [0.2, 0.25) is 0 Å². The molecule has 0 aliphatic heterocycles. The normalized spacial score (nSPS) is 11.3. The summed E-state index contributed by atoms with van der Waals surface area (Å²) in [4.78, 5) is 21.9. The number of hydrogen-bond donors (Lipinski definition) is 3. The van der Waals surface area contributed by atoms with Crippen molar-refractivity contribution in [1.82, 2.24) is 20.9 Å². The van der Waals surface area contributed by atoms with Gasteiger partial charge in [0, 0.05) is 30.6 Å². The number of aliphatic imine (C=N–C) groups is 1. The van der Waals surface area contributed by atoms with Gasteiger partial charge in [-0.05, 0) is 38.0 Å². The van der Waals surface area contributed by atoms with E-state index in [0.717, 1.165) is 41.6 Å². The van der Waals surface area contributed by atoms with Crippen LogP contribution in [0, 0.1) is 13.8 Å². The second-order valence-corrected chi connectivity index (χ2v) is 7.61. The van der Waals surface area contributed by atoms with Gasteiger partial charge in [0.15, 0.2) is 5.96 Å². The van der Waals surface area contributed by atoms with Crippen LogP contribution in [0.15, 0.2) is 29.3 Å². The molecular formula is C20H29N5OS. The van der Waals surface area contributed by atoms with E-state index in [9.17, 15) is 4.79 Å². The van der Waals surface area contributed by atoms with Crippen LogP contribution in [0.3, 0.4) is 0 Å². The summed E-state index contributed by atoms with van der Waals surface area (Å²) in [7, 11) is 1.75. The smallest absolute Gasteiger partial charge is 0.251 e. The van der Waals surface area contributed by atoms with Crippen molar-refractivity contribution in [2.75, 3.05) is 13.6 Å². The number of hydrogen-bond acceptors (Lipinski definition) is 4. The molecule has 0 radical (unpaired) electrons. The average Bonchev–Trinajstić information content (AvgIpc) is 2.99. The van der Waals surface area contributed by atoms with Gasteiger partial charge in [0.05, 0.1) is 17.2 Å². The Labute approximate surface area is 165 Å². The Hall–Kier alpha value is -2.41. The third kappa shape index (κ3) is 6.67. The molecule has 0 aliphatic carbocycles. The minimum atomic E-state index is -0.0179. The van der Waals surface area contributed by atoms with Crippen molar-refractivity contribution in [3.63, 3.8) is 0 Å². The van der Waals surface area contributed by atoms with Crippen molar-refractivity contribution in [2.45, 2.75) is 46.7 Å². The Morgan fingerprint density at radius 2 is 1.81 bits per heavy atom. The van der Waals surface area contributed by atoms with Crippen LogP contribution in [0.2, 0.25) is 0 Å². The second kappa shape index (κ2) is 10.7. The summed E-state index contributed by atoms with van der Waals surface area (Å²) in [6, 6.07) is 7.65. The maximum Gasteiger partial charge on any atom is 0.251 e. The highest BCUT2D eigenvalue weighted by Gasteiger charge is 2.07. The Morgan fingerprint density at radius 1 is 1.11 bits per heavy atom. The summed E-state index contributed by atoms with van der Waals surface area (Å²) >= 11 is 1.70. The number of rotatable bonds is 8. The van der Waals surface area contributed by atoms with Crippen LogP contribution >= 0.6 is 11.3 Å². The van der Waals surface area contributed by atoms with Crippen LogP contribution in [-0.4, -0.2) is 30.4 Å². The molecule has 0 atom stereocenters. The van der Waals surface area contributed by atoms with Crippen molar-refractivity contribution in [1.29, 1.82) is 0 Å². The monoisotopic (exact) mass is 387 g/mol. The number of aromatic nitrogens is 1. The molecule has 0 aliphatic rings. The van der Waals surface area contributed by atoms with Crippen LogP contribution in [0.5, 0.6) is 0 Å². The zero-order valence-corrected chi connectivity index (χ0v) is 17.4. The predicted octanol–water partition coefficient (Wildman–Crippen LogP) is 3.16. The molecule has 7 heteroatoms. The summed E-state index contributed by atoms with van der Waals surface area (Å²) in [5.74, 6) is 0.720. The molecule has 0 unspecified atom stereocenters. The number of carbonyl (C=O) groups is 1. The van der Waals surface area contributed by atoms with Gasteiger partial charge in [0.25, 0.3) is 5.91 Å². The number of amides is 1. The summed E-state index contributed by atoms with van der Waals surface area (Å²) in [5.41, 5.74) is 2.84. The lowest BCUT2D eigenvalue weighted by Crippen LogP contribution is -2.36. The van der Waals surface area contributed by atoms with Gasteiger partial charge >= 0.3 is 0 Å². The Bertz CT molecular complexity index is 767. The van der Waals surface area contributed by atoms with E-state index in [4.69, 9.17) is 0 Å². The summed E-state index contributed by atoms with van der Waals surface area (Å²) in [6.45, 7) is 8.21. The molecule has 0 saturated heterocycles. The van der Waals surface area contributed by atoms with Crippen LogP contribution < -0.4 is 16.0 Å². The molecule has 6 nitrogen and oxygen atoms in total. The number of nitrogens with zero attached hydrogens (tertiary/aromatic N) is 2. The Morgan fingerprint density at radius 3 is 2.41 bits per heavy atom. The fourth-order valence-electron chi connectivity index (χ4n) is 2.56. The van der Waals surface area contributed by atoms with Crippen LogP contribution in [0.4, 0.5) is 0 Å². The van der Waals surface area contributed by atoms with E-state index in [2.05, 4.69) is 32.9 Å². The molecular weight excluding hydrogens is 358 g/mol. The van der Waals surface area contributed by atoms with E-state index in [-0.39, 0.29) is 5.91 Å². The number of aryl methyl sites for hydroxylation is 2. The number of nitrogens with one attached hydrogen (secondary N) is 3. The largest absolute Gasteiger partial charge is 0.352 e. The molecule has 3 N–H and O–H groups in total. The van der Waals surface area contributed by atoms with Gasteiger partial charge in [0.1, 0.15) is 0 Å². The lowest BCUT2D eigenvalue weighted by Gasteiger charge is -2.12. The third-order valence-electron chi connectivity index (χ3n) is 4.13. The van der Waals surface area contributed by atoms with E-state index in [1.54, 1.807) is 18.4 Å². The highest BCUT2D eigenvalue weighted by molar-refractivity contribution is 7.11. The molecule has 0 fully saturated rings. The number of carbonyl (C=O) groups excluding carboxylic acids is 1. The molecule has 1 heterocycles. The lowest BCUT2D eigenvalue weighted by atomic mass is 10.1. The van der Waals surface area contributed by atoms with Crippen molar-refractivity contribution in [3.8, 4) is 0 Å². The Balaban J connectivity index is 1.82. The molecule has 1 aromatic carbocycles. The van der Waals surface area contributed by atoms with Gasteiger partial charge < -0.3 is 16.0 Å². The molecule has 2 aromatic rings. The molecule has 0 saturated carbocycles. The lowest BCUT2D eigenvalue weighted by molar-refractivity contribution is 0.0953. The second-order valence-electron chi connectivity index (χ2n) is 6.33. The minimum absolute atomic E-state index is 0.0179. The van der Waals surface area contributed by atoms with Crippen LogP contribution in [0.1, 0.15) is 51.3 Å². The summed E-state index contributed by atoms with van der Waals surface area (Å²) in [5, 5.41) is 10.6. The molecule has 1 aromatic heterocycles. The van der Waals surface area contributed by atoms with E-state index >= 15 is 0 Å². The van der Waals surface area contributed by atoms with Crippen molar-refractivity contribution >= 4 is 23.2 Å². The first kappa shape index (κ1) is 20.9. The SMILES string of the molecule is CCCCNC(=O)c1ccc(CNC(=NC)NCc2sc(C)nc2C)cc1. The number of thiazole rings is 1. The fraction of sp³-hybridized carbons (Fsp3) is 0.450. The van der Waals surface area contributed by atoms with E-state index in [1.807, 2.05) is 38.1 Å². The van der Waals surface area contributed by atoms with Crippen LogP contribution in [0.25, 0.3) is 0 Å². The predicted molar refractivity (Wildman–Crippen MR) is 112 cm³/mol. The highest BCUT2D eigenvalue weighted by atomic mass is 32.1. The molecule has 2 rings (SSSR count). The standard InChI is InChI=1S/C20H29N5OS/c1-5-6-11-22-19(26)17-9-7-16(8-10-17)12-23-20(21-4)24-13-18-14(2)25-15(3)27-18/h7-10H,5-6,11-13H2,1-4H3,(H,22,26)(H2,21,23,24). The van der Waals surface area contributed by atoms with Crippen LogP contribution in [-0.2, 0) is 13.1 Å². The van der Waals surface area contributed by atoms with Gasteiger partial charge in [-0.15, -0.1) is 11.3 Å². The first-order chi connectivity index (χ1) is 13.0. The van der Waals surface area contributed by atoms with Gasteiger partial charge in [-0.25, -0.2) is 4.98 Å². The van der Waals surface area contributed by atoms with Crippen molar-refractivity contribution < 1.29 is 4.79 Å². The number of unbranched alkanes of at least 4 members (excludes halogenated alkanes) is 1. The van der Waals surface area contributed by atoms with E-state index in [0.29, 0.717) is 18.7 Å². The fourth-order valence-corrected chi connectivity index (χ4v) is 3.44. The third-order valence-corrected chi connectivity index (χ3v) is 5.20. The first-order valence-corrected chi connectivity index (χ1v) is 10.1. The van der Waals surface area contributed by atoms with Gasteiger partial charge in [-0.1, -0.05) is 25.5 Å². The van der Waals surface area contributed by atoms with Gasteiger partial charge in [-0.2, -0.15) is 0 Å². The number of guanidine groups is 1. The maximum absolute atomic E-state index is 12.0. The Kier molecular flexibility index (Phi) is 8.26. The van der Waals surface area contributed by atoms with Crippen molar-refractivity contribution in [3.05, 3.63) is 51.0 Å². The first-order valence-electron chi connectivity index (χ1n) is 9.28. The highest BCUT2D eigenvalue weighted by Crippen LogP contribution is 2.16. The average molecular weight is 388 g/mol. The molecule has 0 bridgehead atoms. The molecule has 146 valence electrons. The molecule has 27 heavy (non-hydrogen) atoms. The quantitative estimate of drug-likeness (QED) is 0.369. The van der Waals surface area contributed by atoms with E-state index in [1.165, 1.54) is 4.88 Å². The van der Waals surface area contributed by atoms with Crippen molar-refractivity contribution in [2.24, 2.45) is 4.99 Å².